The summed E-state index contributed by atoms with van der Waals surface area (Å²) < 4.78 is 8.55. The van der Waals surface area contributed by atoms with Gasteiger partial charge in [-0.05, 0) is 60.5 Å². The second-order valence-electron chi connectivity index (χ2n) is 5.19. The van der Waals surface area contributed by atoms with Gasteiger partial charge in [0.25, 0.3) is 0 Å². The summed E-state index contributed by atoms with van der Waals surface area (Å²) >= 11 is 3.04. The molecule has 0 radical (unpaired) electrons. The zero-order valence-electron chi connectivity index (χ0n) is 11.6. The lowest BCUT2D eigenvalue weighted by Gasteiger charge is -2.24. The second kappa shape index (κ2) is 5.99. The molecule has 5 heteroatoms. The molecule has 20 heavy (non-hydrogen) atoms. The normalized spacial score (nSPS) is 13.2. The van der Waals surface area contributed by atoms with Gasteiger partial charge in [0.15, 0.2) is 0 Å². The topological polar surface area (TPSA) is 29.0 Å². The maximum absolute atomic E-state index is 4.31. The van der Waals surface area contributed by atoms with Crippen molar-refractivity contribution in [3.05, 3.63) is 46.2 Å². The van der Waals surface area contributed by atoms with E-state index in [2.05, 4.69) is 62.6 Å². The lowest BCUT2D eigenvalue weighted by molar-refractivity contribution is 0.248. The molecule has 0 aliphatic rings. The van der Waals surface area contributed by atoms with Crippen molar-refractivity contribution in [2.24, 2.45) is 0 Å². The van der Waals surface area contributed by atoms with Crippen LogP contribution in [-0.4, -0.2) is 26.7 Å². The molecule has 1 unspecified atom stereocenters. The minimum absolute atomic E-state index is 0.522. The van der Waals surface area contributed by atoms with Crippen molar-refractivity contribution >= 4 is 34.1 Å². The van der Waals surface area contributed by atoms with Crippen LogP contribution in [0.2, 0.25) is 0 Å². The number of rotatable bonds is 5. The van der Waals surface area contributed by atoms with E-state index in [0.717, 1.165) is 24.0 Å². The Morgan fingerprint density at radius 3 is 2.80 bits per heavy atom. The van der Waals surface area contributed by atoms with E-state index in [0.29, 0.717) is 6.04 Å². The standard InChI is InChI=1S/C15H17N3S2/c1-11(7-13-5-6-19-10-13)18(2)9-12-3-4-14-15(8-12)17-20-16-14/h3-6,8,10-11H,7,9H2,1-2H3. The average Bonchev–Trinajstić information content (AvgIpc) is 3.08. The SMILES string of the molecule is CC(Cc1ccsc1)N(C)Cc1ccc2nsnc2c1. The molecule has 0 N–H and O–H groups in total. The summed E-state index contributed by atoms with van der Waals surface area (Å²) in [5.74, 6) is 0. The average molecular weight is 303 g/mol. The van der Waals surface area contributed by atoms with Crippen LogP contribution in [0.3, 0.4) is 0 Å². The molecule has 0 amide bonds. The first kappa shape index (κ1) is 13.7. The number of hydrogen-bond donors (Lipinski definition) is 0. The number of benzene rings is 1. The van der Waals surface area contributed by atoms with Crippen molar-refractivity contribution in [2.75, 3.05) is 7.05 Å². The maximum Gasteiger partial charge on any atom is 0.105 e. The van der Waals surface area contributed by atoms with Crippen molar-refractivity contribution < 1.29 is 0 Å². The van der Waals surface area contributed by atoms with Crippen LogP contribution in [0.25, 0.3) is 11.0 Å². The van der Waals surface area contributed by atoms with Crippen LogP contribution in [0.15, 0.2) is 35.0 Å². The number of aromatic nitrogens is 2. The number of likely N-dealkylation sites (N-methyl/N-ethyl adjacent to an activating group) is 1. The molecular formula is C15H17N3S2. The fraction of sp³-hybridized carbons (Fsp3) is 0.333. The predicted octanol–water partition coefficient (Wildman–Crippen LogP) is 3.82. The second-order valence-corrected chi connectivity index (χ2v) is 6.50. The number of fused-ring (bicyclic) bond motifs is 1. The van der Waals surface area contributed by atoms with E-state index in [9.17, 15) is 0 Å². The van der Waals surface area contributed by atoms with Gasteiger partial charge >= 0.3 is 0 Å². The Bertz CT molecular complexity index is 675. The Morgan fingerprint density at radius 1 is 1.15 bits per heavy atom. The molecule has 1 aromatic carbocycles. The third kappa shape index (κ3) is 3.06. The minimum Gasteiger partial charge on any atom is -0.299 e. The van der Waals surface area contributed by atoms with Gasteiger partial charge in [-0.2, -0.15) is 20.1 Å². The first-order valence-corrected chi connectivity index (χ1v) is 8.32. The van der Waals surface area contributed by atoms with E-state index in [1.807, 2.05) is 0 Å². The monoisotopic (exact) mass is 303 g/mol. The van der Waals surface area contributed by atoms with Gasteiger partial charge in [-0.3, -0.25) is 4.90 Å². The highest BCUT2D eigenvalue weighted by Crippen LogP contribution is 2.17. The molecule has 0 aliphatic carbocycles. The Balaban J connectivity index is 1.66. The van der Waals surface area contributed by atoms with E-state index in [1.54, 1.807) is 11.3 Å². The van der Waals surface area contributed by atoms with E-state index < -0.39 is 0 Å². The van der Waals surface area contributed by atoms with E-state index in [4.69, 9.17) is 0 Å². The van der Waals surface area contributed by atoms with Crippen LogP contribution < -0.4 is 0 Å². The third-order valence-corrected chi connectivity index (χ3v) is 4.90. The minimum atomic E-state index is 0.522. The molecule has 0 aliphatic heterocycles. The first-order chi connectivity index (χ1) is 9.72. The summed E-state index contributed by atoms with van der Waals surface area (Å²) in [6, 6.07) is 9.09. The lowest BCUT2D eigenvalue weighted by Crippen LogP contribution is -2.30. The van der Waals surface area contributed by atoms with E-state index in [1.165, 1.54) is 22.9 Å². The Kier molecular flexibility index (Phi) is 4.10. The largest absolute Gasteiger partial charge is 0.299 e. The first-order valence-electron chi connectivity index (χ1n) is 6.65. The molecule has 104 valence electrons. The summed E-state index contributed by atoms with van der Waals surface area (Å²) in [6.07, 6.45) is 1.10. The van der Waals surface area contributed by atoms with Gasteiger partial charge in [0.2, 0.25) is 0 Å². The molecular weight excluding hydrogens is 286 g/mol. The highest BCUT2D eigenvalue weighted by Gasteiger charge is 2.11. The van der Waals surface area contributed by atoms with Crippen LogP contribution in [0.1, 0.15) is 18.1 Å². The quantitative estimate of drug-likeness (QED) is 0.717. The van der Waals surface area contributed by atoms with Crippen LogP contribution in [0, 0.1) is 0 Å². The predicted molar refractivity (Wildman–Crippen MR) is 86.4 cm³/mol. The van der Waals surface area contributed by atoms with E-state index >= 15 is 0 Å². The van der Waals surface area contributed by atoms with Crippen molar-refractivity contribution in [1.29, 1.82) is 0 Å². The van der Waals surface area contributed by atoms with Crippen molar-refractivity contribution in [1.82, 2.24) is 13.6 Å². The smallest absolute Gasteiger partial charge is 0.105 e. The molecule has 2 heterocycles. The highest BCUT2D eigenvalue weighted by molar-refractivity contribution is 7.07. The van der Waals surface area contributed by atoms with Gasteiger partial charge in [-0.15, -0.1) is 0 Å². The Hall–Kier alpha value is -1.30. The number of hydrogen-bond acceptors (Lipinski definition) is 5. The molecule has 0 fully saturated rings. The van der Waals surface area contributed by atoms with Crippen LogP contribution >= 0.6 is 23.1 Å². The fourth-order valence-electron chi connectivity index (χ4n) is 2.28. The van der Waals surface area contributed by atoms with Gasteiger partial charge in [-0.25, -0.2) is 0 Å². The van der Waals surface area contributed by atoms with Crippen LogP contribution in [0.5, 0.6) is 0 Å². The molecule has 3 aromatic rings. The van der Waals surface area contributed by atoms with Gasteiger partial charge in [0.05, 0.1) is 11.7 Å². The summed E-state index contributed by atoms with van der Waals surface area (Å²) in [5, 5.41) is 4.38. The summed E-state index contributed by atoms with van der Waals surface area (Å²) in [7, 11) is 2.18. The van der Waals surface area contributed by atoms with Gasteiger partial charge < -0.3 is 0 Å². The highest BCUT2D eigenvalue weighted by atomic mass is 32.1. The fourth-order valence-corrected chi connectivity index (χ4v) is 3.47. The summed E-state index contributed by atoms with van der Waals surface area (Å²) in [4.78, 5) is 2.39. The number of nitrogens with zero attached hydrogens (tertiary/aromatic N) is 3. The zero-order chi connectivity index (χ0) is 13.9. The van der Waals surface area contributed by atoms with Crippen molar-refractivity contribution in [3.63, 3.8) is 0 Å². The Morgan fingerprint density at radius 2 is 2.00 bits per heavy atom. The molecule has 3 rings (SSSR count). The van der Waals surface area contributed by atoms with Gasteiger partial charge in [-0.1, -0.05) is 6.07 Å². The molecule has 2 aromatic heterocycles. The van der Waals surface area contributed by atoms with Crippen LogP contribution in [0.4, 0.5) is 0 Å². The molecule has 3 nitrogen and oxygen atoms in total. The molecule has 0 spiro atoms. The summed E-state index contributed by atoms with van der Waals surface area (Å²) in [5.41, 5.74) is 4.72. The van der Waals surface area contributed by atoms with Crippen LogP contribution in [-0.2, 0) is 13.0 Å². The number of thiophene rings is 1. The van der Waals surface area contributed by atoms with E-state index in [-0.39, 0.29) is 0 Å². The Labute approximate surface area is 127 Å². The summed E-state index contributed by atoms with van der Waals surface area (Å²) in [6.45, 7) is 3.22. The lowest BCUT2D eigenvalue weighted by atomic mass is 10.1. The molecule has 0 saturated carbocycles. The zero-order valence-corrected chi connectivity index (χ0v) is 13.2. The molecule has 0 saturated heterocycles. The van der Waals surface area contributed by atoms with Gasteiger partial charge in [0.1, 0.15) is 11.0 Å². The van der Waals surface area contributed by atoms with Crippen molar-refractivity contribution in [2.45, 2.75) is 25.9 Å². The van der Waals surface area contributed by atoms with Crippen molar-refractivity contribution in [3.8, 4) is 0 Å². The maximum atomic E-state index is 4.31. The van der Waals surface area contributed by atoms with Gasteiger partial charge in [0, 0.05) is 12.6 Å². The molecule has 1 atom stereocenters. The molecule has 0 bridgehead atoms. The third-order valence-electron chi connectivity index (χ3n) is 3.61.